The van der Waals surface area contributed by atoms with Gasteiger partial charge in [0.1, 0.15) is 18.8 Å². The standard InChI is InChI=1S/C61H108O12/c1-4-7-10-13-16-19-22-24-26-27-29-31-34-37-40-43-46-49-55(64)72-59-57(66)56(65)58(60(67)68)73-61(59)70-51-52(71-54(63)48-45-42-39-36-32-21-18-15-12-9-6-3)50-69-53(62)47-44-41-38-35-33-30-28-25-23-20-17-14-11-8-5-2/h15,18,24-26,28,52,56-59,61,65-66H,4-14,16-17,19-23,27,29-51H2,1-3H3,(H,67,68)/b18-15-,26-24-,28-25-. The van der Waals surface area contributed by atoms with Crippen molar-refractivity contribution in [3.8, 4) is 0 Å². The van der Waals surface area contributed by atoms with Gasteiger partial charge in [-0.15, -0.1) is 0 Å². The summed E-state index contributed by atoms with van der Waals surface area (Å²) in [5.74, 6) is -3.13. The summed E-state index contributed by atoms with van der Waals surface area (Å²) in [6.07, 6.45) is 45.4. The lowest BCUT2D eigenvalue weighted by atomic mass is 9.98. The number of aliphatic carboxylic acids is 1. The van der Waals surface area contributed by atoms with Gasteiger partial charge in [-0.1, -0.05) is 205 Å². The molecular weight excluding hydrogens is 925 g/mol. The number of hydrogen-bond donors (Lipinski definition) is 3. The predicted octanol–water partition coefficient (Wildman–Crippen LogP) is 15.2. The minimum Gasteiger partial charge on any atom is -0.479 e. The third-order valence-corrected chi connectivity index (χ3v) is 13.7. The van der Waals surface area contributed by atoms with Crippen LogP contribution in [0.4, 0.5) is 0 Å². The van der Waals surface area contributed by atoms with Gasteiger partial charge in [-0.25, -0.2) is 4.79 Å². The molecule has 1 heterocycles. The molecule has 424 valence electrons. The molecule has 0 saturated carbocycles. The van der Waals surface area contributed by atoms with Gasteiger partial charge >= 0.3 is 23.9 Å². The minimum atomic E-state index is -1.90. The van der Waals surface area contributed by atoms with Crippen LogP contribution >= 0.6 is 0 Å². The van der Waals surface area contributed by atoms with Gasteiger partial charge in [-0.3, -0.25) is 14.4 Å². The fourth-order valence-corrected chi connectivity index (χ4v) is 8.99. The Morgan fingerprint density at radius 3 is 1.21 bits per heavy atom. The highest BCUT2D eigenvalue weighted by molar-refractivity contribution is 5.74. The van der Waals surface area contributed by atoms with E-state index in [4.69, 9.17) is 23.7 Å². The number of carboxylic acid groups (broad SMARTS) is 1. The second kappa shape index (κ2) is 49.8. The SMILES string of the molecule is CCCC/C=C\CCCCCCCC(=O)OC(COC(=O)CCCCCCC/C=C\CCCCCCCC)COC1OC(C(=O)O)C(O)C(O)C1OC(=O)CCCCCCCCC/C=C\CCCCCCCC. The molecule has 0 aromatic carbocycles. The Kier molecular flexibility index (Phi) is 46.4. The molecule has 6 atom stereocenters. The molecule has 0 radical (unpaired) electrons. The van der Waals surface area contributed by atoms with Crippen molar-refractivity contribution in [3.63, 3.8) is 0 Å². The van der Waals surface area contributed by atoms with E-state index in [2.05, 4.69) is 57.2 Å². The topological polar surface area (TPSA) is 175 Å². The van der Waals surface area contributed by atoms with Gasteiger partial charge in [0.15, 0.2) is 24.6 Å². The number of aliphatic hydroxyl groups excluding tert-OH is 2. The highest BCUT2D eigenvalue weighted by Crippen LogP contribution is 2.26. The molecule has 1 fully saturated rings. The third kappa shape index (κ3) is 39.9. The largest absolute Gasteiger partial charge is 0.479 e. The van der Waals surface area contributed by atoms with E-state index in [9.17, 15) is 34.5 Å². The van der Waals surface area contributed by atoms with Crippen LogP contribution in [-0.4, -0.2) is 89.2 Å². The average molecular weight is 1030 g/mol. The van der Waals surface area contributed by atoms with Gasteiger partial charge in [0, 0.05) is 19.3 Å². The molecule has 6 unspecified atom stereocenters. The first-order valence-electron chi connectivity index (χ1n) is 30.0. The van der Waals surface area contributed by atoms with Crippen molar-refractivity contribution in [1.82, 2.24) is 0 Å². The second-order valence-electron chi connectivity index (χ2n) is 20.6. The number of carbonyl (C=O) groups excluding carboxylic acids is 3. The second-order valence-corrected chi connectivity index (χ2v) is 20.6. The average Bonchev–Trinajstić information content (AvgIpc) is 3.37. The summed E-state index contributed by atoms with van der Waals surface area (Å²) >= 11 is 0. The quantitative estimate of drug-likeness (QED) is 0.0228. The Balaban J connectivity index is 2.67. The Labute approximate surface area is 444 Å². The number of unbranched alkanes of at least 4 members (excludes halogenated alkanes) is 31. The summed E-state index contributed by atoms with van der Waals surface area (Å²) in [5, 5.41) is 31.5. The van der Waals surface area contributed by atoms with Crippen molar-refractivity contribution in [3.05, 3.63) is 36.5 Å². The molecule has 0 amide bonds. The molecule has 12 nitrogen and oxygen atoms in total. The van der Waals surface area contributed by atoms with Gasteiger partial charge in [0.25, 0.3) is 0 Å². The molecule has 1 saturated heterocycles. The maximum atomic E-state index is 13.1. The van der Waals surface area contributed by atoms with Crippen LogP contribution in [0, 0.1) is 0 Å². The number of esters is 3. The summed E-state index contributed by atoms with van der Waals surface area (Å²) in [7, 11) is 0. The summed E-state index contributed by atoms with van der Waals surface area (Å²) in [4.78, 5) is 51.1. The predicted molar refractivity (Wildman–Crippen MR) is 294 cm³/mol. The number of hydrogen-bond acceptors (Lipinski definition) is 11. The number of ether oxygens (including phenoxy) is 5. The minimum absolute atomic E-state index is 0.0563. The van der Waals surface area contributed by atoms with Crippen LogP contribution in [0.5, 0.6) is 0 Å². The van der Waals surface area contributed by atoms with Crippen LogP contribution in [-0.2, 0) is 42.9 Å². The lowest BCUT2D eigenvalue weighted by Gasteiger charge is -2.40. The molecule has 0 spiro atoms. The molecule has 1 aliphatic heterocycles. The molecule has 0 bridgehead atoms. The zero-order valence-electron chi connectivity index (χ0n) is 46.6. The fraction of sp³-hybridized carbons (Fsp3) is 0.836. The summed E-state index contributed by atoms with van der Waals surface area (Å²) in [6, 6.07) is 0. The zero-order valence-corrected chi connectivity index (χ0v) is 46.6. The van der Waals surface area contributed by atoms with Crippen LogP contribution in [0.3, 0.4) is 0 Å². The van der Waals surface area contributed by atoms with E-state index in [0.717, 1.165) is 109 Å². The van der Waals surface area contributed by atoms with E-state index in [-0.39, 0.29) is 25.9 Å². The summed E-state index contributed by atoms with van der Waals surface area (Å²) < 4.78 is 28.4. The van der Waals surface area contributed by atoms with Crippen LogP contribution in [0.25, 0.3) is 0 Å². The van der Waals surface area contributed by atoms with E-state index in [0.29, 0.717) is 19.3 Å². The maximum Gasteiger partial charge on any atom is 0.335 e. The molecule has 3 N–H and O–H groups in total. The Bertz CT molecular complexity index is 1410. The van der Waals surface area contributed by atoms with Crippen molar-refractivity contribution < 1.29 is 58.2 Å². The lowest BCUT2D eigenvalue weighted by molar-refractivity contribution is -0.301. The van der Waals surface area contributed by atoms with Crippen LogP contribution in [0.15, 0.2) is 36.5 Å². The van der Waals surface area contributed by atoms with E-state index in [1.54, 1.807) is 0 Å². The monoisotopic (exact) mass is 1030 g/mol. The van der Waals surface area contributed by atoms with Crippen molar-refractivity contribution in [2.45, 2.75) is 314 Å². The normalized spacial score (nSPS) is 18.5. The van der Waals surface area contributed by atoms with Crippen molar-refractivity contribution in [2.75, 3.05) is 13.2 Å². The first-order valence-corrected chi connectivity index (χ1v) is 30.0. The maximum absolute atomic E-state index is 13.1. The highest BCUT2D eigenvalue weighted by Gasteiger charge is 2.50. The van der Waals surface area contributed by atoms with Crippen molar-refractivity contribution in [1.29, 1.82) is 0 Å². The Hall–Kier alpha value is -3.06. The number of carbonyl (C=O) groups is 4. The summed E-state index contributed by atoms with van der Waals surface area (Å²) in [6.45, 7) is 5.94. The summed E-state index contributed by atoms with van der Waals surface area (Å²) in [5.41, 5.74) is 0. The lowest BCUT2D eigenvalue weighted by Crippen LogP contribution is -2.61. The number of carboxylic acids is 1. The van der Waals surface area contributed by atoms with E-state index >= 15 is 0 Å². The number of rotatable bonds is 51. The van der Waals surface area contributed by atoms with Crippen LogP contribution < -0.4 is 0 Å². The molecule has 12 heteroatoms. The Morgan fingerprint density at radius 2 is 0.795 bits per heavy atom. The fourth-order valence-electron chi connectivity index (χ4n) is 8.99. The number of aliphatic hydroxyl groups is 2. The van der Waals surface area contributed by atoms with Gasteiger partial charge in [0.05, 0.1) is 6.61 Å². The van der Waals surface area contributed by atoms with Gasteiger partial charge in [-0.2, -0.15) is 0 Å². The zero-order chi connectivity index (χ0) is 53.3. The Morgan fingerprint density at radius 1 is 0.438 bits per heavy atom. The van der Waals surface area contributed by atoms with Crippen LogP contribution in [0.1, 0.15) is 278 Å². The first-order chi connectivity index (χ1) is 35.6. The molecule has 0 aliphatic carbocycles. The highest BCUT2D eigenvalue weighted by atomic mass is 16.7. The smallest absolute Gasteiger partial charge is 0.335 e. The number of allylic oxidation sites excluding steroid dienone is 6. The van der Waals surface area contributed by atoms with Crippen molar-refractivity contribution >= 4 is 23.9 Å². The van der Waals surface area contributed by atoms with E-state index in [1.165, 1.54) is 109 Å². The molecule has 1 rings (SSSR count). The molecule has 73 heavy (non-hydrogen) atoms. The van der Waals surface area contributed by atoms with E-state index < -0.39 is 67.3 Å². The third-order valence-electron chi connectivity index (χ3n) is 13.7. The van der Waals surface area contributed by atoms with Gasteiger partial charge in [-0.05, 0) is 89.9 Å². The van der Waals surface area contributed by atoms with Crippen molar-refractivity contribution in [2.24, 2.45) is 0 Å². The van der Waals surface area contributed by atoms with E-state index in [1.807, 2.05) is 0 Å². The first kappa shape index (κ1) is 68.0. The molecular formula is C61H108O12. The molecule has 1 aliphatic rings. The van der Waals surface area contributed by atoms with Crippen LogP contribution in [0.2, 0.25) is 0 Å². The molecule has 0 aromatic heterocycles. The van der Waals surface area contributed by atoms with Gasteiger partial charge in [0.2, 0.25) is 0 Å². The van der Waals surface area contributed by atoms with Gasteiger partial charge < -0.3 is 39.0 Å². The molecule has 0 aromatic rings.